The molecule has 2 aliphatic carbocycles. The highest BCUT2D eigenvalue weighted by Crippen LogP contribution is 2.18. The number of benzene rings is 1. The van der Waals surface area contributed by atoms with Crippen molar-refractivity contribution in [2.45, 2.75) is 0 Å². The minimum Gasteiger partial charge on any atom is -0.371 e. The van der Waals surface area contributed by atoms with E-state index in [4.69, 9.17) is 0 Å². The smallest absolute Gasteiger partial charge is 0.0902 e. The number of allylic oxidation sites excluding steroid dienone is 4. The number of hydrogen-bond acceptors (Lipinski definition) is 4. The Kier molecular flexibility index (Phi) is 5.06. The first-order valence-corrected chi connectivity index (χ1v) is 8.38. The highest BCUT2D eigenvalue weighted by atomic mass is 15.1. The van der Waals surface area contributed by atoms with E-state index in [0.29, 0.717) is 0 Å². The third kappa shape index (κ3) is 4.32. The lowest BCUT2D eigenvalue weighted by molar-refractivity contribution is 0.531. The zero-order valence-corrected chi connectivity index (χ0v) is 15.5. The van der Waals surface area contributed by atoms with E-state index in [2.05, 4.69) is 33.6 Å². The number of nitrogens with zero attached hydrogens (tertiary/aromatic N) is 2. The van der Waals surface area contributed by atoms with Crippen LogP contribution in [0.5, 0.6) is 0 Å². The number of hydrogen-bond donors (Lipinski definition) is 2. The van der Waals surface area contributed by atoms with Crippen molar-refractivity contribution < 1.29 is 0 Å². The lowest BCUT2D eigenvalue weighted by Crippen LogP contribution is -2.09. The van der Waals surface area contributed by atoms with Gasteiger partial charge < -0.3 is 20.4 Å². The molecule has 0 aliphatic heterocycles. The molecule has 2 aliphatic rings. The Morgan fingerprint density at radius 3 is 1.23 bits per heavy atom. The molecule has 0 saturated heterocycles. The molecule has 0 unspecified atom stereocenters. The number of nitrogens with one attached hydrogen (secondary N) is 2. The predicted molar refractivity (Wildman–Crippen MR) is 107 cm³/mol. The molecule has 26 heavy (non-hydrogen) atoms. The molecule has 2 N–H and O–H groups in total. The van der Waals surface area contributed by atoms with Crippen LogP contribution in [0.1, 0.15) is 0 Å². The zero-order valence-electron chi connectivity index (χ0n) is 15.5. The molecule has 0 heterocycles. The summed E-state index contributed by atoms with van der Waals surface area (Å²) in [5, 5.41) is 6.66. The molecule has 0 aromatic heterocycles. The summed E-state index contributed by atoms with van der Waals surface area (Å²) in [6.07, 6.45) is 8.02. The minimum atomic E-state index is 0.888. The molecule has 0 amide bonds. The quantitative estimate of drug-likeness (QED) is 0.770. The largest absolute Gasteiger partial charge is 0.371 e. The second-order valence-corrected chi connectivity index (χ2v) is 6.38. The molecule has 1 aromatic carbocycles. The Morgan fingerprint density at radius 1 is 0.577 bits per heavy atom. The normalized spacial score (nSPS) is 14.3. The summed E-state index contributed by atoms with van der Waals surface area (Å²) in [6, 6.07) is 8.09. The average molecular weight is 342 g/mol. The second-order valence-electron chi connectivity index (χ2n) is 6.38. The molecule has 0 bridgehead atoms. The van der Waals surface area contributed by atoms with Gasteiger partial charge in [0.15, 0.2) is 0 Å². The van der Waals surface area contributed by atoms with Crippen molar-refractivity contribution in [2.24, 2.45) is 0 Å². The van der Waals surface area contributed by atoms with Gasteiger partial charge in [0, 0.05) is 39.6 Å². The van der Waals surface area contributed by atoms with E-state index in [9.17, 15) is 0 Å². The van der Waals surface area contributed by atoms with E-state index in [1.807, 2.05) is 86.6 Å². The molecule has 0 atom stereocenters. The highest BCUT2D eigenvalue weighted by Gasteiger charge is 2.02. The number of likely N-dealkylation sites (N-methyl/N-ethyl adjacent to an activating group) is 2. The lowest BCUT2D eigenvalue weighted by Gasteiger charge is -2.14. The summed E-state index contributed by atoms with van der Waals surface area (Å²) in [4.78, 5) is 4.00. The van der Waals surface area contributed by atoms with Gasteiger partial charge in [0.25, 0.3) is 0 Å². The third-order valence-electron chi connectivity index (χ3n) is 3.87. The van der Waals surface area contributed by atoms with Crippen LogP contribution in [0.2, 0.25) is 0 Å². The van der Waals surface area contributed by atoms with Crippen LogP contribution in [-0.2, 0) is 0 Å². The zero-order chi connectivity index (χ0) is 18.5. The molecule has 3 rings (SSSR count). The van der Waals surface area contributed by atoms with Gasteiger partial charge in [-0.25, -0.2) is 0 Å². The maximum Gasteiger partial charge on any atom is 0.0902 e. The Hall–Kier alpha value is -3.50. The van der Waals surface area contributed by atoms with Gasteiger partial charge in [-0.3, -0.25) is 0 Å². The molecule has 4 nitrogen and oxygen atoms in total. The van der Waals surface area contributed by atoms with Crippen molar-refractivity contribution >= 4 is 11.4 Å². The average Bonchev–Trinajstić information content (AvgIpc) is 2.64. The van der Waals surface area contributed by atoms with E-state index < -0.39 is 0 Å². The van der Waals surface area contributed by atoms with Crippen molar-refractivity contribution in [1.82, 2.24) is 9.80 Å². The number of anilines is 2. The molecule has 130 valence electrons. The predicted octanol–water partition coefficient (Wildman–Crippen LogP) is 3.82. The first-order valence-electron chi connectivity index (χ1n) is 8.38. The third-order valence-corrected chi connectivity index (χ3v) is 3.87. The van der Waals surface area contributed by atoms with Crippen LogP contribution in [0.15, 0.2) is 94.3 Å². The molecule has 4 heteroatoms. The fourth-order valence-corrected chi connectivity index (χ4v) is 2.37. The summed E-state index contributed by atoms with van der Waals surface area (Å²) in [5.41, 5.74) is 18.3. The fraction of sp³-hybridized carbons (Fsp3) is 0.182. The van der Waals surface area contributed by atoms with Gasteiger partial charge in [0.1, 0.15) is 0 Å². The van der Waals surface area contributed by atoms with Crippen molar-refractivity contribution in [3.05, 3.63) is 94.3 Å². The van der Waals surface area contributed by atoms with Gasteiger partial charge in [-0.2, -0.15) is 0 Å². The monoisotopic (exact) mass is 342 g/mol. The van der Waals surface area contributed by atoms with Crippen LogP contribution in [0.4, 0.5) is 11.4 Å². The maximum absolute atomic E-state index is 3.33. The van der Waals surface area contributed by atoms with Gasteiger partial charge in [-0.05, 0) is 71.5 Å². The Balaban J connectivity index is 1.69. The summed E-state index contributed by atoms with van der Waals surface area (Å²) in [5.74, 6) is 0. The van der Waals surface area contributed by atoms with Gasteiger partial charge >= 0.3 is 0 Å². The molecular formula is C22H22N4. The number of rotatable bonds is 6. The molecule has 1 aromatic rings. The molecular weight excluding hydrogens is 320 g/mol. The van der Waals surface area contributed by atoms with Gasteiger partial charge in [0.2, 0.25) is 0 Å². The minimum absolute atomic E-state index is 0.888. The van der Waals surface area contributed by atoms with Crippen LogP contribution in [0.3, 0.4) is 0 Å². The summed E-state index contributed by atoms with van der Waals surface area (Å²) < 4.78 is 0. The van der Waals surface area contributed by atoms with E-state index in [1.165, 1.54) is 0 Å². The fourth-order valence-electron chi connectivity index (χ4n) is 2.37. The molecule has 0 fully saturated rings. The van der Waals surface area contributed by atoms with Crippen LogP contribution in [-0.4, -0.2) is 38.0 Å². The lowest BCUT2D eigenvalue weighted by atomic mass is 10.2. The standard InChI is InChI=1S/C22H22N4/c1-25(2)21-13-9-19(10-14-21)23-17-5-7-18(8-6-17)24-20-11-15-22(16-12-20)26(3)4/h5-9,11,13,15,23-24H,1-4H3. The van der Waals surface area contributed by atoms with E-state index in [0.717, 1.165) is 34.2 Å². The Labute approximate surface area is 154 Å². The van der Waals surface area contributed by atoms with Crippen molar-refractivity contribution in [3.8, 4) is 0 Å². The van der Waals surface area contributed by atoms with E-state index in [-0.39, 0.29) is 0 Å². The van der Waals surface area contributed by atoms with Crippen LogP contribution >= 0.6 is 0 Å². The van der Waals surface area contributed by atoms with Gasteiger partial charge in [0.05, 0.1) is 22.8 Å². The van der Waals surface area contributed by atoms with E-state index >= 15 is 0 Å². The van der Waals surface area contributed by atoms with E-state index in [1.54, 1.807) is 0 Å². The van der Waals surface area contributed by atoms with Crippen LogP contribution in [0.25, 0.3) is 0 Å². The SMILES string of the molecule is CN(C)C1=C=C=C(Nc2ccc(NC3=C=C=C(N(C)C)C=C3)cc2)C=C1. The Bertz CT molecular complexity index is 880. The summed E-state index contributed by atoms with van der Waals surface area (Å²) >= 11 is 0. The molecule has 0 radical (unpaired) electrons. The highest BCUT2D eigenvalue weighted by molar-refractivity contribution is 5.60. The topological polar surface area (TPSA) is 30.5 Å². The first-order chi connectivity index (χ1) is 12.5. The summed E-state index contributed by atoms with van der Waals surface area (Å²) in [7, 11) is 7.95. The second kappa shape index (κ2) is 7.59. The van der Waals surface area contributed by atoms with Crippen molar-refractivity contribution in [3.63, 3.8) is 0 Å². The van der Waals surface area contributed by atoms with Gasteiger partial charge in [-0.1, -0.05) is 0 Å². The van der Waals surface area contributed by atoms with Crippen LogP contribution < -0.4 is 10.6 Å². The Morgan fingerprint density at radius 2 is 0.962 bits per heavy atom. The molecule has 0 spiro atoms. The summed E-state index contributed by atoms with van der Waals surface area (Å²) in [6.45, 7) is 0. The van der Waals surface area contributed by atoms with Crippen molar-refractivity contribution in [1.29, 1.82) is 0 Å². The van der Waals surface area contributed by atoms with Crippen molar-refractivity contribution in [2.75, 3.05) is 38.8 Å². The van der Waals surface area contributed by atoms with Gasteiger partial charge in [-0.15, -0.1) is 0 Å². The first kappa shape index (κ1) is 17.3. The molecule has 0 saturated carbocycles. The van der Waals surface area contributed by atoms with Crippen LogP contribution in [0, 0.1) is 0 Å². The maximum atomic E-state index is 3.33.